The lowest BCUT2D eigenvalue weighted by molar-refractivity contribution is -0.151. The predicted molar refractivity (Wildman–Crippen MR) is 127 cm³/mol. The second-order valence-electron chi connectivity index (χ2n) is 8.29. The number of unbranched alkanes of at least 4 members (excludes halogenated alkanes) is 1. The molecule has 2 atom stereocenters. The summed E-state index contributed by atoms with van der Waals surface area (Å²) in [5.74, 6) is -4.76. The minimum atomic E-state index is -3.45. The van der Waals surface area contributed by atoms with Gasteiger partial charge in [-0.15, -0.1) is 0 Å². The van der Waals surface area contributed by atoms with Crippen LogP contribution in [0.3, 0.4) is 0 Å². The summed E-state index contributed by atoms with van der Waals surface area (Å²) in [7, 11) is 0. The number of hydrogen-bond acceptors (Lipinski definition) is 8. The van der Waals surface area contributed by atoms with Crippen molar-refractivity contribution in [3.8, 4) is 0 Å². The molecule has 0 saturated carbocycles. The van der Waals surface area contributed by atoms with Crippen LogP contribution in [-0.4, -0.2) is 52.8 Å². The lowest BCUT2D eigenvalue weighted by Gasteiger charge is -2.20. The summed E-state index contributed by atoms with van der Waals surface area (Å²) in [5, 5.41) is 4.88. The second-order valence-corrected chi connectivity index (χ2v) is 8.29. The van der Waals surface area contributed by atoms with Gasteiger partial charge in [0, 0.05) is 24.7 Å². The first-order valence-electron chi connectivity index (χ1n) is 11.7. The number of alkyl halides is 2. The maximum Gasteiger partial charge on any atom is 0.412 e. The van der Waals surface area contributed by atoms with Gasteiger partial charge in [-0.2, -0.15) is 4.98 Å². The Morgan fingerprint density at radius 1 is 1.14 bits per heavy atom. The predicted octanol–water partition coefficient (Wildman–Crippen LogP) is 3.48. The quantitative estimate of drug-likeness (QED) is 0.338. The molecular weight excluding hydrogens is 494 g/mol. The summed E-state index contributed by atoms with van der Waals surface area (Å²) >= 11 is 0. The highest BCUT2D eigenvalue weighted by molar-refractivity contribution is 5.92. The van der Waals surface area contributed by atoms with Gasteiger partial charge in [0.05, 0.1) is 13.0 Å². The Balaban J connectivity index is 1.48. The van der Waals surface area contributed by atoms with Crippen LogP contribution in [0.15, 0.2) is 47.4 Å². The zero-order valence-electron chi connectivity index (χ0n) is 20.2. The van der Waals surface area contributed by atoms with E-state index in [0.29, 0.717) is 16.7 Å². The first-order valence-corrected chi connectivity index (χ1v) is 11.7. The fourth-order valence-electron chi connectivity index (χ4n) is 3.43. The minimum absolute atomic E-state index is 0.147. The third-order valence-electron chi connectivity index (χ3n) is 5.27. The second kappa shape index (κ2) is 12.9. The molecule has 1 aromatic heterocycles. The number of para-hydroxylation sites is 1. The third-order valence-corrected chi connectivity index (χ3v) is 5.27. The number of anilines is 2. The number of halogens is 2. The van der Waals surface area contributed by atoms with E-state index in [4.69, 9.17) is 14.2 Å². The van der Waals surface area contributed by atoms with Crippen LogP contribution in [-0.2, 0) is 23.8 Å². The van der Waals surface area contributed by atoms with E-state index in [-0.39, 0.29) is 25.3 Å². The summed E-state index contributed by atoms with van der Waals surface area (Å²) in [6.07, 6.45) is -2.65. The van der Waals surface area contributed by atoms with Crippen molar-refractivity contribution in [2.45, 2.75) is 57.3 Å². The van der Waals surface area contributed by atoms with Crippen molar-refractivity contribution < 1.29 is 37.4 Å². The highest BCUT2D eigenvalue weighted by Crippen LogP contribution is 2.42. The van der Waals surface area contributed by atoms with E-state index in [0.717, 1.165) is 18.7 Å². The Labute approximate surface area is 211 Å². The molecule has 1 aromatic carbocycles. The first-order chi connectivity index (χ1) is 17.7. The summed E-state index contributed by atoms with van der Waals surface area (Å²) in [6, 6.07) is 9.83. The average molecular weight is 523 g/mol. The molecule has 1 saturated heterocycles. The molecule has 2 amide bonds. The molecule has 2 aromatic rings. The molecule has 0 bridgehead atoms. The normalized spacial score (nSPS) is 18.1. The van der Waals surface area contributed by atoms with Gasteiger partial charge in [0.1, 0.15) is 18.5 Å². The van der Waals surface area contributed by atoms with Crippen LogP contribution in [0.5, 0.6) is 0 Å². The minimum Gasteiger partial charge on any atom is -0.463 e. The summed E-state index contributed by atoms with van der Waals surface area (Å²) in [4.78, 5) is 51.5. The molecule has 13 heteroatoms. The number of nitrogens with one attached hydrogen (secondary N) is 2. The van der Waals surface area contributed by atoms with E-state index < -0.39 is 54.9 Å². The zero-order chi connectivity index (χ0) is 26.8. The SMILES string of the molecule is CCCCOC(=O)Nc1ccn([C@@H]2O[C@H](COC(=O)CCC(=O)Nc3ccccc3)CC2(F)F)c(=O)n1. The van der Waals surface area contributed by atoms with Gasteiger partial charge < -0.3 is 19.5 Å². The van der Waals surface area contributed by atoms with Crippen LogP contribution in [0.25, 0.3) is 0 Å². The summed E-state index contributed by atoms with van der Waals surface area (Å²) in [6.45, 7) is 1.64. The number of hydrogen-bond donors (Lipinski definition) is 2. The van der Waals surface area contributed by atoms with Crippen molar-refractivity contribution in [3.63, 3.8) is 0 Å². The lowest BCUT2D eigenvalue weighted by Crippen LogP contribution is -2.35. The molecule has 0 radical (unpaired) electrons. The maximum atomic E-state index is 14.6. The van der Waals surface area contributed by atoms with Crippen molar-refractivity contribution in [1.29, 1.82) is 0 Å². The Kier molecular flexibility index (Phi) is 9.66. The molecular formula is C24H28F2N4O7. The Hall–Kier alpha value is -3.87. The van der Waals surface area contributed by atoms with Crippen molar-refractivity contribution in [1.82, 2.24) is 9.55 Å². The number of carbonyl (C=O) groups excluding carboxylic acids is 3. The molecule has 37 heavy (non-hydrogen) atoms. The molecule has 0 unspecified atom stereocenters. The Bertz CT molecular complexity index is 1140. The molecule has 200 valence electrons. The molecule has 0 spiro atoms. The van der Waals surface area contributed by atoms with Crippen LogP contribution in [0.1, 0.15) is 45.3 Å². The van der Waals surface area contributed by atoms with Gasteiger partial charge in [0.15, 0.2) is 0 Å². The molecule has 1 aliphatic heterocycles. The number of benzene rings is 1. The zero-order valence-corrected chi connectivity index (χ0v) is 20.2. The Morgan fingerprint density at radius 3 is 2.59 bits per heavy atom. The number of esters is 1. The van der Waals surface area contributed by atoms with Gasteiger partial charge in [0.2, 0.25) is 12.1 Å². The summed E-state index contributed by atoms with van der Waals surface area (Å²) < 4.78 is 45.0. The molecule has 2 heterocycles. The number of amides is 2. The molecule has 0 aliphatic carbocycles. The lowest BCUT2D eigenvalue weighted by atomic mass is 10.2. The topological polar surface area (TPSA) is 138 Å². The molecule has 1 aliphatic rings. The number of aromatic nitrogens is 2. The maximum absolute atomic E-state index is 14.6. The van der Waals surface area contributed by atoms with Gasteiger partial charge in [-0.05, 0) is 24.6 Å². The Morgan fingerprint density at radius 2 is 1.89 bits per heavy atom. The number of carbonyl (C=O) groups is 3. The first kappa shape index (κ1) is 27.7. The monoisotopic (exact) mass is 522 g/mol. The van der Waals surface area contributed by atoms with Crippen LogP contribution < -0.4 is 16.3 Å². The van der Waals surface area contributed by atoms with E-state index in [2.05, 4.69) is 15.6 Å². The van der Waals surface area contributed by atoms with Gasteiger partial charge in [-0.1, -0.05) is 31.5 Å². The fourth-order valence-corrected chi connectivity index (χ4v) is 3.43. The fraction of sp³-hybridized carbons (Fsp3) is 0.458. The molecule has 2 N–H and O–H groups in total. The third kappa shape index (κ3) is 8.34. The largest absolute Gasteiger partial charge is 0.463 e. The standard InChI is InChI=1S/C24H28F2N4O7/c1-2-3-13-35-23(34)29-18-11-12-30(22(33)28-18)21-24(25,26)14-17(37-21)15-36-20(32)10-9-19(31)27-16-7-5-4-6-8-16/h4-8,11-12,17,21H,2-3,9-10,13-15H2,1H3,(H,27,31)(H,28,29,33,34)/t17-,21+/m0/s1. The van der Waals surface area contributed by atoms with E-state index in [1.54, 1.807) is 30.3 Å². The highest BCUT2D eigenvalue weighted by Gasteiger charge is 2.52. The van der Waals surface area contributed by atoms with Crippen molar-refractivity contribution >= 4 is 29.5 Å². The van der Waals surface area contributed by atoms with E-state index in [1.165, 1.54) is 0 Å². The van der Waals surface area contributed by atoms with Gasteiger partial charge in [0.25, 0.3) is 5.92 Å². The van der Waals surface area contributed by atoms with E-state index in [1.807, 2.05) is 6.92 Å². The summed E-state index contributed by atoms with van der Waals surface area (Å²) in [5.41, 5.74) is -0.493. The van der Waals surface area contributed by atoms with E-state index in [9.17, 15) is 28.0 Å². The van der Waals surface area contributed by atoms with Crippen LogP contribution in [0.4, 0.5) is 25.1 Å². The van der Waals surface area contributed by atoms with Gasteiger partial charge in [-0.25, -0.2) is 18.4 Å². The van der Waals surface area contributed by atoms with E-state index >= 15 is 0 Å². The van der Waals surface area contributed by atoms with Crippen molar-refractivity contribution in [2.24, 2.45) is 0 Å². The van der Waals surface area contributed by atoms with Crippen molar-refractivity contribution in [3.05, 3.63) is 53.1 Å². The van der Waals surface area contributed by atoms with Crippen LogP contribution >= 0.6 is 0 Å². The van der Waals surface area contributed by atoms with Gasteiger partial charge >= 0.3 is 17.8 Å². The smallest absolute Gasteiger partial charge is 0.412 e. The molecule has 3 rings (SSSR count). The number of rotatable bonds is 11. The molecule has 11 nitrogen and oxygen atoms in total. The van der Waals surface area contributed by atoms with Crippen molar-refractivity contribution in [2.75, 3.05) is 23.8 Å². The number of ether oxygens (including phenoxy) is 3. The number of nitrogens with zero attached hydrogens (tertiary/aromatic N) is 2. The average Bonchev–Trinajstić information content (AvgIpc) is 3.16. The van der Waals surface area contributed by atoms with Crippen LogP contribution in [0, 0.1) is 0 Å². The van der Waals surface area contributed by atoms with Crippen LogP contribution in [0.2, 0.25) is 0 Å². The highest BCUT2D eigenvalue weighted by atomic mass is 19.3. The van der Waals surface area contributed by atoms with Gasteiger partial charge in [-0.3, -0.25) is 19.5 Å². The molecule has 1 fully saturated rings.